The summed E-state index contributed by atoms with van der Waals surface area (Å²) in [6, 6.07) is 20.9. The first kappa shape index (κ1) is 33.8. The predicted octanol–water partition coefficient (Wildman–Crippen LogP) is 5.54. The number of aromatic hydroxyl groups is 1. The lowest BCUT2D eigenvalue weighted by Crippen LogP contribution is -2.52. The Balaban J connectivity index is 0.825. The number of anilines is 2. The molecule has 9 heteroatoms. The number of hydrogen-bond donors (Lipinski definition) is 2. The summed E-state index contributed by atoms with van der Waals surface area (Å²) in [5, 5.41) is 12.5. The van der Waals surface area contributed by atoms with Crippen LogP contribution in [0.3, 0.4) is 0 Å². The van der Waals surface area contributed by atoms with E-state index in [-0.39, 0.29) is 24.1 Å². The summed E-state index contributed by atoms with van der Waals surface area (Å²) in [5.74, 6) is 1.90. The van der Waals surface area contributed by atoms with E-state index in [1.807, 2.05) is 24.3 Å². The Labute approximate surface area is 301 Å². The third-order valence-corrected chi connectivity index (χ3v) is 12.5. The van der Waals surface area contributed by atoms with E-state index in [9.17, 15) is 19.5 Å². The fourth-order valence-electron chi connectivity index (χ4n) is 9.55. The molecular formula is C42H51N5O4. The van der Waals surface area contributed by atoms with Crippen molar-refractivity contribution in [3.8, 4) is 5.75 Å². The fourth-order valence-corrected chi connectivity index (χ4v) is 9.55. The highest BCUT2D eigenvalue weighted by molar-refractivity contribution is 6.05. The molecule has 5 aliphatic rings. The van der Waals surface area contributed by atoms with Crippen LogP contribution < -0.4 is 15.1 Å². The van der Waals surface area contributed by atoms with Crippen LogP contribution >= 0.6 is 0 Å². The van der Waals surface area contributed by atoms with Crippen LogP contribution in [0.4, 0.5) is 11.4 Å². The van der Waals surface area contributed by atoms with Crippen LogP contribution in [0.25, 0.3) is 0 Å². The van der Waals surface area contributed by atoms with E-state index in [0.717, 1.165) is 69.9 Å². The number of nitrogens with zero attached hydrogens (tertiary/aromatic N) is 4. The number of phenols is 1. The third kappa shape index (κ3) is 6.73. The first-order valence-corrected chi connectivity index (χ1v) is 19.1. The number of aryl methyl sites for hydroxylation is 1. The molecule has 268 valence electrons. The zero-order valence-corrected chi connectivity index (χ0v) is 30.0. The second-order valence-corrected chi connectivity index (χ2v) is 15.9. The van der Waals surface area contributed by atoms with E-state index in [1.165, 1.54) is 35.2 Å². The van der Waals surface area contributed by atoms with Crippen LogP contribution in [-0.4, -0.2) is 84.5 Å². The minimum absolute atomic E-state index is 0.119. The maximum absolute atomic E-state index is 13.1. The molecule has 0 spiro atoms. The van der Waals surface area contributed by atoms with Crippen molar-refractivity contribution in [1.82, 2.24) is 15.1 Å². The van der Waals surface area contributed by atoms with Crippen LogP contribution in [0.5, 0.6) is 5.75 Å². The van der Waals surface area contributed by atoms with Gasteiger partial charge in [0.25, 0.3) is 5.91 Å². The highest BCUT2D eigenvalue weighted by Crippen LogP contribution is 2.45. The minimum atomic E-state index is -0.581. The van der Waals surface area contributed by atoms with Crippen LogP contribution in [0.2, 0.25) is 0 Å². The summed E-state index contributed by atoms with van der Waals surface area (Å²) in [6.07, 6.45) is 5.26. The van der Waals surface area contributed by atoms with E-state index >= 15 is 0 Å². The molecule has 3 saturated heterocycles. The maximum atomic E-state index is 13.1. The van der Waals surface area contributed by atoms with Crippen LogP contribution in [0.1, 0.15) is 84.5 Å². The molecule has 0 aromatic heterocycles. The SMILES string of the molecule is CC(C)[C@@H]1CCc2cc(O)ccc2[C@@H]1c1ccc(N2CCC(CN3CCN(c4ccc5c(c4)CN([C@H]4CCC(=O)NC4=O)C5=O)CC3)CC2)cc1. The number of rotatable bonds is 7. The summed E-state index contributed by atoms with van der Waals surface area (Å²) >= 11 is 0. The monoisotopic (exact) mass is 689 g/mol. The topological polar surface area (TPSA) is 96.4 Å². The third-order valence-electron chi connectivity index (χ3n) is 12.5. The van der Waals surface area contributed by atoms with Gasteiger partial charge in [0, 0.05) is 81.6 Å². The molecule has 0 unspecified atom stereocenters. The van der Waals surface area contributed by atoms with Gasteiger partial charge in [0.05, 0.1) is 0 Å². The number of piperidine rings is 2. The Hall–Kier alpha value is -4.37. The minimum Gasteiger partial charge on any atom is -0.508 e. The van der Waals surface area contributed by atoms with Gasteiger partial charge in [-0.1, -0.05) is 32.0 Å². The molecule has 51 heavy (non-hydrogen) atoms. The molecule has 3 aromatic rings. The number of hydrogen-bond acceptors (Lipinski definition) is 7. The Morgan fingerprint density at radius 2 is 1.49 bits per heavy atom. The van der Waals surface area contributed by atoms with Gasteiger partial charge in [0.2, 0.25) is 11.8 Å². The molecule has 3 fully saturated rings. The van der Waals surface area contributed by atoms with Gasteiger partial charge in [-0.15, -0.1) is 0 Å². The van der Waals surface area contributed by atoms with Crippen LogP contribution in [0.15, 0.2) is 60.7 Å². The Kier molecular flexibility index (Phi) is 9.25. The average Bonchev–Trinajstić information content (AvgIpc) is 3.46. The largest absolute Gasteiger partial charge is 0.508 e. The number of piperazine rings is 1. The Bertz CT molecular complexity index is 1790. The Morgan fingerprint density at radius 3 is 2.22 bits per heavy atom. The molecule has 0 saturated carbocycles. The first-order valence-electron chi connectivity index (χ1n) is 19.1. The number of phenolic OH excluding ortho intramolecular Hbond substituents is 1. The number of carbonyl (C=O) groups excluding carboxylic acids is 3. The molecule has 3 aromatic carbocycles. The van der Waals surface area contributed by atoms with Gasteiger partial charge in [-0.2, -0.15) is 0 Å². The van der Waals surface area contributed by atoms with Gasteiger partial charge in [0.1, 0.15) is 11.8 Å². The molecule has 1 aliphatic carbocycles. The van der Waals surface area contributed by atoms with Gasteiger partial charge in [-0.3, -0.25) is 24.6 Å². The zero-order valence-electron chi connectivity index (χ0n) is 30.0. The maximum Gasteiger partial charge on any atom is 0.255 e. The Morgan fingerprint density at radius 1 is 0.765 bits per heavy atom. The number of nitrogens with one attached hydrogen (secondary N) is 1. The standard InChI is InChI=1S/C42H51N5O4/c1-27(2)35-10-5-30-24-34(48)9-12-36(30)40(35)29-3-6-32(7-4-29)45-17-15-28(16-18-45)25-44-19-21-46(22-20-44)33-8-11-37-31(23-33)26-47(42(37)51)38-13-14-39(49)43-41(38)50/h3-4,6-9,11-12,23-24,27-28,35,38,40,48H,5,10,13-22,25-26H2,1-2H3,(H,43,49,50)/t35-,38-,40+/m0/s1. The quantitative estimate of drug-likeness (QED) is 0.315. The highest BCUT2D eigenvalue weighted by atomic mass is 16.3. The molecule has 9 nitrogen and oxygen atoms in total. The van der Waals surface area contributed by atoms with Gasteiger partial charge < -0.3 is 19.8 Å². The fraction of sp³-hybridized carbons (Fsp3) is 0.500. The van der Waals surface area contributed by atoms with E-state index in [1.54, 1.807) is 4.90 Å². The van der Waals surface area contributed by atoms with Crippen molar-refractivity contribution in [2.75, 3.05) is 55.6 Å². The molecule has 3 atom stereocenters. The van der Waals surface area contributed by atoms with Crippen molar-refractivity contribution in [2.24, 2.45) is 17.8 Å². The summed E-state index contributed by atoms with van der Waals surface area (Å²) < 4.78 is 0. The molecule has 0 radical (unpaired) electrons. The highest BCUT2D eigenvalue weighted by Gasteiger charge is 2.39. The normalized spacial score (nSPS) is 24.6. The van der Waals surface area contributed by atoms with Crippen molar-refractivity contribution >= 4 is 29.1 Å². The smallest absolute Gasteiger partial charge is 0.255 e. The molecular weight excluding hydrogens is 638 g/mol. The zero-order chi connectivity index (χ0) is 35.2. The first-order chi connectivity index (χ1) is 24.7. The lowest BCUT2D eigenvalue weighted by Gasteiger charge is -2.40. The number of benzene rings is 3. The molecule has 3 amide bonds. The molecule has 0 bridgehead atoms. The number of carbonyl (C=O) groups is 3. The summed E-state index contributed by atoms with van der Waals surface area (Å²) in [5.41, 5.74) is 8.16. The summed E-state index contributed by atoms with van der Waals surface area (Å²) in [4.78, 5) is 46.4. The van der Waals surface area contributed by atoms with Crippen LogP contribution in [0, 0.1) is 17.8 Å². The van der Waals surface area contributed by atoms with Gasteiger partial charge in [-0.05, 0) is 115 Å². The average molecular weight is 690 g/mol. The van der Waals surface area contributed by atoms with Gasteiger partial charge >= 0.3 is 0 Å². The van der Waals surface area contributed by atoms with Crippen molar-refractivity contribution < 1.29 is 19.5 Å². The van der Waals surface area contributed by atoms with E-state index in [4.69, 9.17) is 0 Å². The number of fused-ring (bicyclic) bond motifs is 2. The lowest BCUT2D eigenvalue weighted by molar-refractivity contribution is -0.136. The molecule has 8 rings (SSSR count). The molecule has 4 heterocycles. The molecule has 2 N–H and O–H groups in total. The number of amides is 3. The number of imide groups is 1. The predicted molar refractivity (Wildman–Crippen MR) is 199 cm³/mol. The van der Waals surface area contributed by atoms with E-state index in [2.05, 4.69) is 70.3 Å². The van der Waals surface area contributed by atoms with Crippen molar-refractivity contribution in [2.45, 2.75) is 70.9 Å². The summed E-state index contributed by atoms with van der Waals surface area (Å²) in [6.45, 7) is 12.4. The lowest BCUT2D eigenvalue weighted by atomic mass is 9.68. The van der Waals surface area contributed by atoms with E-state index < -0.39 is 6.04 Å². The second-order valence-electron chi connectivity index (χ2n) is 15.9. The second kappa shape index (κ2) is 14.0. The van der Waals surface area contributed by atoms with E-state index in [0.29, 0.717) is 48.0 Å². The van der Waals surface area contributed by atoms with Crippen molar-refractivity contribution in [3.63, 3.8) is 0 Å². The van der Waals surface area contributed by atoms with Crippen LogP contribution in [-0.2, 0) is 22.6 Å². The molecule has 4 aliphatic heterocycles. The van der Waals surface area contributed by atoms with Crippen molar-refractivity contribution in [3.05, 3.63) is 88.5 Å². The van der Waals surface area contributed by atoms with Gasteiger partial charge in [-0.25, -0.2) is 0 Å². The summed E-state index contributed by atoms with van der Waals surface area (Å²) in [7, 11) is 0. The van der Waals surface area contributed by atoms with Crippen molar-refractivity contribution in [1.29, 1.82) is 0 Å². The van der Waals surface area contributed by atoms with Gasteiger partial charge in [0.15, 0.2) is 0 Å².